The van der Waals surface area contributed by atoms with Crippen molar-refractivity contribution in [3.05, 3.63) is 71.4 Å². The summed E-state index contributed by atoms with van der Waals surface area (Å²) in [5.41, 5.74) is 2.90. The van der Waals surface area contributed by atoms with Gasteiger partial charge in [0.25, 0.3) is 0 Å². The maximum absolute atomic E-state index is 12.7. The third kappa shape index (κ3) is 4.38. The van der Waals surface area contributed by atoms with Crippen molar-refractivity contribution in [1.82, 2.24) is 19.7 Å². The van der Waals surface area contributed by atoms with E-state index in [0.29, 0.717) is 18.3 Å². The van der Waals surface area contributed by atoms with E-state index in [0.717, 1.165) is 42.8 Å². The Morgan fingerprint density at radius 2 is 1.84 bits per heavy atom. The molecule has 0 radical (unpaired) electrons. The van der Waals surface area contributed by atoms with E-state index < -0.39 is 0 Å². The summed E-state index contributed by atoms with van der Waals surface area (Å²) in [5.74, 6) is 1.19. The first-order chi connectivity index (χ1) is 15.2. The van der Waals surface area contributed by atoms with Crippen LogP contribution in [0.4, 0.5) is 5.82 Å². The fourth-order valence-electron chi connectivity index (χ4n) is 4.14. The SMILES string of the molecule is Cc1cc(NC(=O)CN2CCC(c3nc4ccccc4s3)CC2)n(-c2ccccc2)n1. The van der Waals surface area contributed by atoms with Crippen molar-refractivity contribution in [2.45, 2.75) is 25.7 Å². The van der Waals surface area contributed by atoms with Gasteiger partial charge < -0.3 is 5.32 Å². The number of aryl methyl sites for hydroxylation is 1. The average molecular weight is 432 g/mol. The highest BCUT2D eigenvalue weighted by Crippen LogP contribution is 2.33. The zero-order valence-corrected chi connectivity index (χ0v) is 18.3. The molecule has 6 nitrogen and oxygen atoms in total. The molecule has 0 saturated carbocycles. The Balaban J connectivity index is 1.19. The Bertz CT molecular complexity index is 1160. The lowest BCUT2D eigenvalue weighted by Crippen LogP contribution is -2.39. The van der Waals surface area contributed by atoms with E-state index in [1.54, 1.807) is 16.0 Å². The van der Waals surface area contributed by atoms with Crippen LogP contribution in [0.15, 0.2) is 60.7 Å². The van der Waals surface area contributed by atoms with Crippen molar-refractivity contribution < 1.29 is 4.79 Å². The molecule has 0 unspecified atom stereocenters. The molecule has 0 aliphatic carbocycles. The van der Waals surface area contributed by atoms with Crippen LogP contribution in [0.2, 0.25) is 0 Å². The zero-order valence-electron chi connectivity index (χ0n) is 17.5. The number of hydrogen-bond acceptors (Lipinski definition) is 5. The first kappa shape index (κ1) is 19.9. The molecule has 1 saturated heterocycles. The number of fused-ring (bicyclic) bond motifs is 1. The minimum atomic E-state index is -0.00415. The molecule has 0 spiro atoms. The molecule has 3 heterocycles. The highest BCUT2D eigenvalue weighted by atomic mass is 32.1. The van der Waals surface area contributed by atoms with E-state index in [4.69, 9.17) is 4.98 Å². The number of likely N-dealkylation sites (tertiary alicyclic amines) is 1. The maximum atomic E-state index is 12.7. The molecule has 1 aliphatic heterocycles. The summed E-state index contributed by atoms with van der Waals surface area (Å²) < 4.78 is 3.04. The highest BCUT2D eigenvalue weighted by Gasteiger charge is 2.24. The fraction of sp³-hybridized carbons (Fsp3) is 0.292. The van der Waals surface area contributed by atoms with Crippen molar-refractivity contribution in [2.75, 3.05) is 25.0 Å². The monoisotopic (exact) mass is 431 g/mol. The van der Waals surface area contributed by atoms with Crippen LogP contribution < -0.4 is 5.32 Å². The van der Waals surface area contributed by atoms with Crippen molar-refractivity contribution in [3.8, 4) is 5.69 Å². The van der Waals surface area contributed by atoms with Crippen molar-refractivity contribution in [2.24, 2.45) is 0 Å². The Hall–Kier alpha value is -3.03. The number of thiazole rings is 1. The average Bonchev–Trinajstić information content (AvgIpc) is 3.38. The van der Waals surface area contributed by atoms with Gasteiger partial charge in [-0.3, -0.25) is 9.69 Å². The number of carbonyl (C=O) groups is 1. The van der Waals surface area contributed by atoms with Crippen LogP contribution >= 0.6 is 11.3 Å². The molecular weight excluding hydrogens is 406 g/mol. The number of benzene rings is 2. The number of nitrogens with zero attached hydrogens (tertiary/aromatic N) is 4. The number of hydrogen-bond donors (Lipinski definition) is 1. The zero-order chi connectivity index (χ0) is 21.2. The Labute approximate surface area is 185 Å². The predicted molar refractivity (Wildman–Crippen MR) is 125 cm³/mol. The van der Waals surface area contributed by atoms with Crippen LogP contribution in [0.1, 0.15) is 29.5 Å². The van der Waals surface area contributed by atoms with E-state index in [2.05, 4.69) is 33.5 Å². The van der Waals surface area contributed by atoms with E-state index in [1.165, 1.54) is 9.71 Å². The molecule has 0 bridgehead atoms. The number of rotatable bonds is 5. The Morgan fingerprint density at radius 3 is 2.61 bits per heavy atom. The van der Waals surface area contributed by atoms with Crippen molar-refractivity contribution >= 4 is 33.3 Å². The summed E-state index contributed by atoms with van der Waals surface area (Å²) in [6.07, 6.45) is 2.07. The second kappa shape index (κ2) is 8.61. The lowest BCUT2D eigenvalue weighted by Gasteiger charge is -2.30. The molecule has 2 aromatic heterocycles. The number of carbonyl (C=O) groups excluding carboxylic acids is 1. The maximum Gasteiger partial charge on any atom is 0.239 e. The van der Waals surface area contributed by atoms with Crippen LogP contribution in [-0.4, -0.2) is 45.2 Å². The van der Waals surface area contributed by atoms with Crippen LogP contribution in [-0.2, 0) is 4.79 Å². The van der Waals surface area contributed by atoms with Crippen LogP contribution in [0.25, 0.3) is 15.9 Å². The first-order valence-corrected chi connectivity index (χ1v) is 11.5. The molecule has 1 amide bonds. The highest BCUT2D eigenvalue weighted by molar-refractivity contribution is 7.18. The smallest absolute Gasteiger partial charge is 0.239 e. The summed E-state index contributed by atoms with van der Waals surface area (Å²) in [7, 11) is 0. The van der Waals surface area contributed by atoms with Crippen molar-refractivity contribution in [1.29, 1.82) is 0 Å². The van der Waals surface area contributed by atoms with Gasteiger partial charge in [-0.25, -0.2) is 9.67 Å². The lowest BCUT2D eigenvalue weighted by atomic mass is 9.97. The normalized spacial score (nSPS) is 15.4. The molecule has 7 heteroatoms. The molecule has 158 valence electrons. The molecule has 1 fully saturated rings. The molecule has 1 aliphatic rings. The summed E-state index contributed by atoms with van der Waals surface area (Å²) in [6, 6.07) is 20.1. The molecule has 2 aromatic carbocycles. The fourth-order valence-corrected chi connectivity index (χ4v) is 5.28. The summed E-state index contributed by atoms with van der Waals surface area (Å²) in [4.78, 5) is 19.8. The molecular formula is C24H25N5OS. The predicted octanol–water partition coefficient (Wildman–Crippen LogP) is 4.61. The second-order valence-electron chi connectivity index (χ2n) is 8.04. The number of aromatic nitrogens is 3. The topological polar surface area (TPSA) is 63.1 Å². The molecule has 1 N–H and O–H groups in total. The number of para-hydroxylation sites is 2. The molecule has 5 rings (SSSR count). The van der Waals surface area contributed by atoms with Crippen LogP contribution in [0.5, 0.6) is 0 Å². The summed E-state index contributed by atoms with van der Waals surface area (Å²) >= 11 is 1.80. The van der Waals surface area contributed by atoms with E-state index >= 15 is 0 Å². The molecule has 0 atom stereocenters. The molecule has 4 aromatic rings. The first-order valence-electron chi connectivity index (χ1n) is 10.7. The minimum Gasteiger partial charge on any atom is -0.309 e. The van der Waals surface area contributed by atoms with Gasteiger partial charge in [0, 0.05) is 12.0 Å². The van der Waals surface area contributed by atoms with E-state index in [9.17, 15) is 4.79 Å². The van der Waals surface area contributed by atoms with Crippen LogP contribution in [0, 0.1) is 6.92 Å². The lowest BCUT2D eigenvalue weighted by molar-refractivity contribution is -0.117. The molecule has 31 heavy (non-hydrogen) atoms. The number of anilines is 1. The van der Waals surface area contributed by atoms with E-state index in [-0.39, 0.29) is 5.91 Å². The number of nitrogens with one attached hydrogen (secondary N) is 1. The van der Waals surface area contributed by atoms with Gasteiger partial charge in [0.05, 0.1) is 33.2 Å². The Kier molecular flexibility index (Phi) is 5.53. The van der Waals surface area contributed by atoms with Crippen molar-refractivity contribution in [3.63, 3.8) is 0 Å². The van der Waals surface area contributed by atoms with Gasteiger partial charge in [-0.15, -0.1) is 11.3 Å². The van der Waals surface area contributed by atoms with Gasteiger partial charge in [-0.2, -0.15) is 5.10 Å². The quantitative estimate of drug-likeness (QED) is 0.501. The summed E-state index contributed by atoms with van der Waals surface area (Å²) in [5, 5.41) is 8.80. The van der Waals surface area contributed by atoms with Gasteiger partial charge in [0.15, 0.2) is 0 Å². The van der Waals surface area contributed by atoms with Crippen LogP contribution in [0.3, 0.4) is 0 Å². The van der Waals surface area contributed by atoms with Gasteiger partial charge in [-0.1, -0.05) is 30.3 Å². The second-order valence-corrected chi connectivity index (χ2v) is 9.10. The van der Waals surface area contributed by atoms with Gasteiger partial charge >= 0.3 is 0 Å². The van der Waals surface area contributed by atoms with Gasteiger partial charge in [0.2, 0.25) is 5.91 Å². The van der Waals surface area contributed by atoms with Gasteiger partial charge in [-0.05, 0) is 57.1 Å². The third-order valence-corrected chi connectivity index (χ3v) is 6.91. The largest absolute Gasteiger partial charge is 0.309 e. The Morgan fingerprint density at radius 1 is 1.10 bits per heavy atom. The number of amides is 1. The minimum absolute atomic E-state index is 0.00415. The number of piperidine rings is 1. The third-order valence-electron chi connectivity index (χ3n) is 5.71. The summed E-state index contributed by atoms with van der Waals surface area (Å²) in [6.45, 7) is 4.14. The van der Waals surface area contributed by atoms with E-state index in [1.807, 2.05) is 49.4 Å². The van der Waals surface area contributed by atoms with Gasteiger partial charge in [0.1, 0.15) is 5.82 Å². The standard InChI is InChI=1S/C24H25N5OS/c1-17-15-22(29(27-17)19-7-3-2-4-8-19)26-23(30)16-28-13-11-18(12-14-28)24-25-20-9-5-6-10-21(20)31-24/h2-10,15,18H,11-14,16H2,1H3,(H,26,30).